The molecule has 5 nitrogen and oxygen atoms in total. The Kier molecular flexibility index (Phi) is 5.54. The van der Waals surface area contributed by atoms with E-state index in [0.717, 1.165) is 4.90 Å². The third kappa shape index (κ3) is 4.19. The number of benzene rings is 3. The quantitative estimate of drug-likeness (QED) is 0.574. The van der Waals surface area contributed by atoms with Crippen LogP contribution in [0.5, 0.6) is 5.75 Å². The lowest BCUT2D eigenvalue weighted by atomic mass is 10.0. The maximum absolute atomic E-state index is 13.4. The molecule has 156 valence electrons. The molecule has 0 saturated heterocycles. The summed E-state index contributed by atoms with van der Waals surface area (Å²) in [6.07, 6.45) is 0.0176. The Morgan fingerprint density at radius 3 is 2.10 bits per heavy atom. The maximum atomic E-state index is 13.4. The van der Waals surface area contributed by atoms with Crippen molar-refractivity contribution < 1.29 is 18.7 Å². The molecule has 4 rings (SSSR count). The van der Waals surface area contributed by atoms with Crippen molar-refractivity contribution in [2.45, 2.75) is 20.0 Å². The van der Waals surface area contributed by atoms with Crippen LogP contribution in [0.25, 0.3) is 5.57 Å². The zero-order valence-electron chi connectivity index (χ0n) is 17.1. The summed E-state index contributed by atoms with van der Waals surface area (Å²) in [7, 11) is 0. The summed E-state index contributed by atoms with van der Waals surface area (Å²) in [4.78, 5) is 27.8. The van der Waals surface area contributed by atoms with Gasteiger partial charge in [-0.15, -0.1) is 0 Å². The largest absolute Gasteiger partial charge is 0.491 e. The first-order chi connectivity index (χ1) is 14.9. The van der Waals surface area contributed by atoms with Crippen LogP contribution < -0.4 is 15.0 Å². The Labute approximate surface area is 179 Å². The third-order valence-electron chi connectivity index (χ3n) is 4.73. The van der Waals surface area contributed by atoms with E-state index in [1.165, 1.54) is 24.3 Å². The van der Waals surface area contributed by atoms with Gasteiger partial charge < -0.3 is 10.1 Å². The highest BCUT2D eigenvalue weighted by atomic mass is 19.1. The molecule has 0 fully saturated rings. The highest BCUT2D eigenvalue weighted by Crippen LogP contribution is 2.34. The average molecular weight is 416 g/mol. The topological polar surface area (TPSA) is 58.6 Å². The smallest absolute Gasteiger partial charge is 0.282 e. The highest BCUT2D eigenvalue weighted by molar-refractivity contribution is 6.46. The first kappa shape index (κ1) is 20.3. The van der Waals surface area contributed by atoms with Crippen molar-refractivity contribution >= 4 is 28.8 Å². The molecule has 0 bridgehead atoms. The van der Waals surface area contributed by atoms with Gasteiger partial charge in [0.1, 0.15) is 17.3 Å². The van der Waals surface area contributed by atoms with E-state index in [1.54, 1.807) is 48.5 Å². The first-order valence-electron chi connectivity index (χ1n) is 9.92. The molecule has 0 unspecified atom stereocenters. The highest BCUT2D eigenvalue weighted by Gasteiger charge is 2.40. The van der Waals surface area contributed by atoms with Crippen LogP contribution in [0.2, 0.25) is 0 Å². The summed E-state index contributed by atoms with van der Waals surface area (Å²) in [5.74, 6) is -0.624. The van der Waals surface area contributed by atoms with Crippen molar-refractivity contribution in [3.63, 3.8) is 0 Å². The summed E-state index contributed by atoms with van der Waals surface area (Å²) < 4.78 is 19.0. The lowest BCUT2D eigenvalue weighted by molar-refractivity contribution is -0.120. The number of ether oxygens (including phenoxy) is 1. The number of halogens is 1. The zero-order chi connectivity index (χ0) is 22.0. The summed E-state index contributed by atoms with van der Waals surface area (Å²) in [6.45, 7) is 3.86. The second-order valence-electron chi connectivity index (χ2n) is 7.35. The molecule has 0 saturated carbocycles. The Morgan fingerprint density at radius 2 is 1.48 bits per heavy atom. The molecule has 2 amide bonds. The monoisotopic (exact) mass is 416 g/mol. The van der Waals surface area contributed by atoms with E-state index in [4.69, 9.17) is 4.74 Å². The molecular formula is C25H21FN2O3. The molecule has 0 aromatic heterocycles. The lowest BCUT2D eigenvalue weighted by Crippen LogP contribution is -2.32. The lowest BCUT2D eigenvalue weighted by Gasteiger charge is -2.15. The number of hydrogen-bond acceptors (Lipinski definition) is 4. The Morgan fingerprint density at radius 1 is 0.839 bits per heavy atom. The molecule has 0 spiro atoms. The molecular weight excluding hydrogens is 395 g/mol. The van der Waals surface area contributed by atoms with E-state index >= 15 is 0 Å². The van der Waals surface area contributed by atoms with Gasteiger partial charge >= 0.3 is 0 Å². The summed E-state index contributed by atoms with van der Waals surface area (Å²) in [5, 5.41) is 3.01. The second kappa shape index (κ2) is 8.44. The average Bonchev–Trinajstić information content (AvgIpc) is 3.00. The standard InChI is InChI=1S/C25H21FN2O3/c1-16(2)31-21-14-8-17(9-15-21)22-23(27-19-12-10-18(26)11-13-19)25(30)28(24(22)29)20-6-4-3-5-7-20/h3-16,27H,1-2H3. The van der Waals surface area contributed by atoms with E-state index < -0.39 is 11.8 Å². The van der Waals surface area contributed by atoms with Crippen LogP contribution in [-0.2, 0) is 9.59 Å². The normalized spacial score (nSPS) is 13.9. The van der Waals surface area contributed by atoms with Gasteiger partial charge in [0.15, 0.2) is 0 Å². The summed E-state index contributed by atoms with van der Waals surface area (Å²) in [6, 6.07) is 21.4. The summed E-state index contributed by atoms with van der Waals surface area (Å²) >= 11 is 0. The van der Waals surface area contributed by atoms with E-state index in [2.05, 4.69) is 5.32 Å². The minimum atomic E-state index is -0.474. The van der Waals surface area contributed by atoms with Crippen molar-refractivity contribution in [2.75, 3.05) is 10.2 Å². The second-order valence-corrected chi connectivity index (χ2v) is 7.35. The molecule has 0 aliphatic carbocycles. The summed E-state index contributed by atoms with van der Waals surface area (Å²) in [5.41, 5.74) is 1.94. The number of para-hydroxylation sites is 1. The van der Waals surface area contributed by atoms with Gasteiger partial charge in [-0.3, -0.25) is 9.59 Å². The van der Waals surface area contributed by atoms with Crippen LogP contribution in [0.1, 0.15) is 19.4 Å². The van der Waals surface area contributed by atoms with Gasteiger partial charge in [-0.1, -0.05) is 30.3 Å². The van der Waals surface area contributed by atoms with E-state index in [1.807, 2.05) is 19.9 Å². The number of amides is 2. The van der Waals surface area contributed by atoms with Crippen molar-refractivity contribution in [1.82, 2.24) is 0 Å². The minimum absolute atomic E-state index is 0.0176. The number of nitrogens with zero attached hydrogens (tertiary/aromatic N) is 1. The fraction of sp³-hybridized carbons (Fsp3) is 0.120. The van der Waals surface area contributed by atoms with Crippen molar-refractivity contribution in [3.8, 4) is 5.75 Å². The molecule has 1 aliphatic heterocycles. The third-order valence-corrected chi connectivity index (χ3v) is 4.73. The van der Waals surface area contributed by atoms with Gasteiger partial charge in [0, 0.05) is 5.69 Å². The van der Waals surface area contributed by atoms with Crippen LogP contribution in [-0.4, -0.2) is 17.9 Å². The molecule has 3 aromatic rings. The SMILES string of the molecule is CC(C)Oc1ccc(C2=C(Nc3ccc(F)cc3)C(=O)N(c3ccccc3)C2=O)cc1. The number of nitrogens with one attached hydrogen (secondary N) is 1. The molecule has 1 heterocycles. The molecule has 0 radical (unpaired) electrons. The number of imide groups is 1. The Hall–Kier alpha value is -3.93. The predicted molar refractivity (Wildman–Crippen MR) is 118 cm³/mol. The van der Waals surface area contributed by atoms with Crippen molar-refractivity contribution in [2.24, 2.45) is 0 Å². The van der Waals surface area contributed by atoms with Gasteiger partial charge in [-0.05, 0) is 67.9 Å². The molecule has 6 heteroatoms. The van der Waals surface area contributed by atoms with Crippen LogP contribution in [0, 0.1) is 5.82 Å². The van der Waals surface area contributed by atoms with Gasteiger partial charge in [-0.25, -0.2) is 9.29 Å². The van der Waals surface area contributed by atoms with Gasteiger partial charge in [0.2, 0.25) is 0 Å². The Balaban J connectivity index is 1.76. The molecule has 1 aliphatic rings. The molecule has 3 aromatic carbocycles. The van der Waals surface area contributed by atoms with E-state index in [-0.39, 0.29) is 23.2 Å². The number of carbonyl (C=O) groups is 2. The number of hydrogen-bond donors (Lipinski definition) is 1. The molecule has 0 atom stereocenters. The first-order valence-corrected chi connectivity index (χ1v) is 9.92. The van der Waals surface area contributed by atoms with E-state index in [9.17, 15) is 14.0 Å². The number of carbonyl (C=O) groups excluding carboxylic acids is 2. The number of rotatable bonds is 6. The minimum Gasteiger partial charge on any atom is -0.491 e. The molecule has 31 heavy (non-hydrogen) atoms. The van der Waals surface area contributed by atoms with Crippen LogP contribution in [0.4, 0.5) is 15.8 Å². The molecule has 1 N–H and O–H groups in total. The van der Waals surface area contributed by atoms with Crippen molar-refractivity contribution in [1.29, 1.82) is 0 Å². The van der Waals surface area contributed by atoms with Crippen LogP contribution in [0.15, 0.2) is 84.6 Å². The van der Waals surface area contributed by atoms with Crippen LogP contribution >= 0.6 is 0 Å². The number of anilines is 2. The van der Waals surface area contributed by atoms with Gasteiger partial charge in [0.05, 0.1) is 17.4 Å². The van der Waals surface area contributed by atoms with Gasteiger partial charge in [-0.2, -0.15) is 0 Å². The Bertz CT molecular complexity index is 1140. The maximum Gasteiger partial charge on any atom is 0.282 e. The van der Waals surface area contributed by atoms with Crippen LogP contribution in [0.3, 0.4) is 0 Å². The van der Waals surface area contributed by atoms with Gasteiger partial charge in [0.25, 0.3) is 11.8 Å². The fourth-order valence-corrected chi connectivity index (χ4v) is 3.37. The fourth-order valence-electron chi connectivity index (χ4n) is 3.37. The van der Waals surface area contributed by atoms with Crippen molar-refractivity contribution in [3.05, 3.63) is 95.9 Å². The van der Waals surface area contributed by atoms with E-state index in [0.29, 0.717) is 22.7 Å². The predicted octanol–water partition coefficient (Wildman–Crippen LogP) is 5.01. The zero-order valence-corrected chi connectivity index (χ0v) is 17.1.